The van der Waals surface area contributed by atoms with Gasteiger partial charge in [0.05, 0.1) is 13.3 Å². The zero-order valence-electron chi connectivity index (χ0n) is 16.6. The molecule has 0 aliphatic heterocycles. The molecule has 2 aromatic heterocycles. The normalized spacial score (nSPS) is 14.5. The van der Waals surface area contributed by atoms with Gasteiger partial charge in [0.25, 0.3) is 0 Å². The molecule has 7 heteroatoms. The van der Waals surface area contributed by atoms with E-state index in [1.54, 1.807) is 7.11 Å². The molecule has 3 aromatic rings. The number of aromatic nitrogens is 3. The van der Waals surface area contributed by atoms with Crippen LogP contribution in [0.3, 0.4) is 0 Å². The Morgan fingerprint density at radius 1 is 1.31 bits per heavy atom. The first-order chi connectivity index (χ1) is 14.1. The number of nitriles is 1. The molecule has 2 heterocycles. The maximum atomic E-state index is 12.8. The Balaban J connectivity index is 1.77. The maximum Gasteiger partial charge on any atom is 0.228 e. The van der Waals surface area contributed by atoms with Crippen LogP contribution in [-0.2, 0) is 4.79 Å². The van der Waals surface area contributed by atoms with Gasteiger partial charge in [0, 0.05) is 11.3 Å². The van der Waals surface area contributed by atoms with Crippen molar-refractivity contribution in [3.05, 3.63) is 41.6 Å². The number of aryl methyl sites for hydroxylation is 1. The first kappa shape index (κ1) is 18.9. The minimum Gasteiger partial charge on any atom is -0.494 e. The second-order valence-corrected chi connectivity index (χ2v) is 7.41. The van der Waals surface area contributed by atoms with Crippen LogP contribution in [0.4, 0.5) is 5.82 Å². The van der Waals surface area contributed by atoms with Crippen LogP contribution in [0.25, 0.3) is 16.7 Å². The molecule has 1 aliphatic rings. The molecule has 1 fully saturated rings. The molecule has 1 aliphatic carbocycles. The summed E-state index contributed by atoms with van der Waals surface area (Å²) >= 11 is 0. The van der Waals surface area contributed by atoms with Crippen LogP contribution in [0, 0.1) is 24.2 Å². The van der Waals surface area contributed by atoms with Crippen LogP contribution in [0.1, 0.15) is 43.2 Å². The summed E-state index contributed by atoms with van der Waals surface area (Å²) in [4.78, 5) is 17.5. The molecule has 0 radical (unpaired) electrons. The van der Waals surface area contributed by atoms with Crippen molar-refractivity contribution in [2.24, 2.45) is 5.92 Å². The second-order valence-electron chi connectivity index (χ2n) is 7.41. The largest absolute Gasteiger partial charge is 0.494 e. The van der Waals surface area contributed by atoms with Crippen molar-refractivity contribution < 1.29 is 9.53 Å². The van der Waals surface area contributed by atoms with Gasteiger partial charge in [-0.1, -0.05) is 31.4 Å². The molecule has 7 nitrogen and oxygen atoms in total. The van der Waals surface area contributed by atoms with Crippen molar-refractivity contribution >= 4 is 22.6 Å². The summed E-state index contributed by atoms with van der Waals surface area (Å²) in [5, 5.41) is 17.8. The van der Waals surface area contributed by atoms with Crippen molar-refractivity contribution in [1.29, 1.82) is 5.26 Å². The molecule has 1 saturated carbocycles. The fourth-order valence-electron chi connectivity index (χ4n) is 3.96. The molecule has 0 bridgehead atoms. The predicted molar refractivity (Wildman–Crippen MR) is 110 cm³/mol. The Morgan fingerprint density at radius 2 is 2.10 bits per heavy atom. The standard InChI is InChI=1S/C22H23N5O2/c1-14-11-19(25-20-17(14)9-6-10-18(20)29-2)27-21(16(12-23)13-24-27)26-22(28)15-7-4-3-5-8-15/h6,9-11,13,15H,3-5,7-8H2,1-2H3,(H,26,28). The summed E-state index contributed by atoms with van der Waals surface area (Å²) in [5.41, 5.74) is 2.03. The van der Waals surface area contributed by atoms with E-state index >= 15 is 0 Å². The van der Waals surface area contributed by atoms with Gasteiger partial charge in [0.15, 0.2) is 11.6 Å². The van der Waals surface area contributed by atoms with Crippen molar-refractivity contribution in [3.63, 3.8) is 0 Å². The van der Waals surface area contributed by atoms with Gasteiger partial charge in [-0.15, -0.1) is 0 Å². The van der Waals surface area contributed by atoms with E-state index in [4.69, 9.17) is 9.72 Å². The van der Waals surface area contributed by atoms with E-state index in [1.807, 2.05) is 31.2 Å². The number of nitrogens with zero attached hydrogens (tertiary/aromatic N) is 4. The van der Waals surface area contributed by atoms with Crippen molar-refractivity contribution in [2.45, 2.75) is 39.0 Å². The van der Waals surface area contributed by atoms with Crippen LogP contribution in [0.15, 0.2) is 30.5 Å². The van der Waals surface area contributed by atoms with Gasteiger partial charge < -0.3 is 10.1 Å². The fraction of sp³-hybridized carbons (Fsp3) is 0.364. The number of methoxy groups -OCH3 is 1. The van der Waals surface area contributed by atoms with Gasteiger partial charge in [0.1, 0.15) is 22.9 Å². The lowest BCUT2D eigenvalue weighted by atomic mass is 9.89. The number of anilines is 1. The third-order valence-corrected chi connectivity index (χ3v) is 5.54. The molecule has 29 heavy (non-hydrogen) atoms. The molecule has 1 aromatic carbocycles. The predicted octanol–water partition coefficient (Wildman–Crippen LogP) is 4.13. The molecule has 0 spiro atoms. The van der Waals surface area contributed by atoms with Gasteiger partial charge in [-0.05, 0) is 37.5 Å². The summed E-state index contributed by atoms with van der Waals surface area (Å²) in [6, 6.07) is 9.78. The van der Waals surface area contributed by atoms with Crippen molar-refractivity contribution in [2.75, 3.05) is 12.4 Å². The zero-order valence-corrected chi connectivity index (χ0v) is 16.6. The Morgan fingerprint density at radius 3 is 2.83 bits per heavy atom. The van der Waals surface area contributed by atoms with E-state index in [1.165, 1.54) is 17.3 Å². The molecule has 0 atom stereocenters. The van der Waals surface area contributed by atoms with Crippen LogP contribution in [0.2, 0.25) is 0 Å². The highest BCUT2D eigenvalue weighted by molar-refractivity contribution is 5.93. The highest BCUT2D eigenvalue weighted by Gasteiger charge is 2.24. The molecule has 0 saturated heterocycles. The number of rotatable bonds is 4. The summed E-state index contributed by atoms with van der Waals surface area (Å²) in [5.74, 6) is 1.47. The Hall–Kier alpha value is -3.40. The number of pyridine rings is 1. The monoisotopic (exact) mass is 389 g/mol. The lowest BCUT2D eigenvalue weighted by Crippen LogP contribution is -2.26. The minimum atomic E-state index is -0.0574. The summed E-state index contributed by atoms with van der Waals surface area (Å²) in [7, 11) is 1.61. The fourth-order valence-corrected chi connectivity index (χ4v) is 3.96. The van der Waals surface area contributed by atoms with E-state index in [0.717, 1.165) is 36.6 Å². The van der Waals surface area contributed by atoms with Crippen molar-refractivity contribution in [3.8, 4) is 17.6 Å². The Kier molecular flexibility index (Phi) is 5.17. The highest BCUT2D eigenvalue weighted by atomic mass is 16.5. The highest BCUT2D eigenvalue weighted by Crippen LogP contribution is 2.30. The van der Waals surface area contributed by atoms with Crippen LogP contribution >= 0.6 is 0 Å². The van der Waals surface area contributed by atoms with E-state index in [2.05, 4.69) is 16.5 Å². The molecule has 1 N–H and O–H groups in total. The number of carbonyl (C=O) groups excluding carboxylic acids is 1. The molecule has 4 rings (SSSR count). The quantitative estimate of drug-likeness (QED) is 0.724. The lowest BCUT2D eigenvalue weighted by molar-refractivity contribution is -0.120. The Labute approximate surface area is 169 Å². The number of fused-ring (bicyclic) bond motifs is 1. The van der Waals surface area contributed by atoms with E-state index in [0.29, 0.717) is 28.5 Å². The van der Waals surface area contributed by atoms with Crippen LogP contribution in [-0.4, -0.2) is 27.8 Å². The second kappa shape index (κ2) is 7.92. The lowest BCUT2D eigenvalue weighted by Gasteiger charge is -2.21. The number of ether oxygens (including phenoxy) is 1. The maximum absolute atomic E-state index is 12.8. The molecule has 0 unspecified atom stereocenters. The van der Waals surface area contributed by atoms with Crippen LogP contribution in [0.5, 0.6) is 5.75 Å². The average Bonchev–Trinajstić information content (AvgIpc) is 3.16. The average molecular weight is 389 g/mol. The van der Waals surface area contributed by atoms with E-state index in [-0.39, 0.29) is 11.8 Å². The third-order valence-electron chi connectivity index (χ3n) is 5.54. The summed E-state index contributed by atoms with van der Waals surface area (Å²) in [6.07, 6.45) is 6.52. The van der Waals surface area contributed by atoms with E-state index in [9.17, 15) is 10.1 Å². The number of carbonyl (C=O) groups is 1. The van der Waals surface area contributed by atoms with E-state index < -0.39 is 0 Å². The van der Waals surface area contributed by atoms with Gasteiger partial charge >= 0.3 is 0 Å². The third kappa shape index (κ3) is 3.54. The molecule has 148 valence electrons. The number of nitrogens with one attached hydrogen (secondary N) is 1. The number of amides is 1. The molecular weight excluding hydrogens is 366 g/mol. The van der Waals surface area contributed by atoms with Gasteiger partial charge in [-0.3, -0.25) is 4.79 Å². The van der Waals surface area contributed by atoms with Crippen molar-refractivity contribution in [1.82, 2.24) is 14.8 Å². The van der Waals surface area contributed by atoms with Gasteiger partial charge in [0.2, 0.25) is 5.91 Å². The smallest absolute Gasteiger partial charge is 0.228 e. The summed E-state index contributed by atoms with van der Waals surface area (Å²) in [6.45, 7) is 1.99. The number of hydrogen-bond donors (Lipinski definition) is 1. The first-order valence-electron chi connectivity index (χ1n) is 9.86. The molecule has 1 amide bonds. The van der Waals surface area contributed by atoms with Gasteiger partial charge in [-0.25, -0.2) is 4.98 Å². The topological polar surface area (TPSA) is 92.8 Å². The summed E-state index contributed by atoms with van der Waals surface area (Å²) < 4.78 is 6.99. The number of hydrogen-bond acceptors (Lipinski definition) is 5. The zero-order chi connectivity index (χ0) is 20.4. The molecular formula is C22H23N5O2. The SMILES string of the molecule is COc1cccc2c(C)cc(-n3ncc(C#N)c3NC(=O)C3CCCCC3)nc12. The number of para-hydroxylation sites is 1. The number of benzene rings is 1. The minimum absolute atomic E-state index is 0.0231. The van der Waals surface area contributed by atoms with Crippen LogP contribution < -0.4 is 10.1 Å². The first-order valence-corrected chi connectivity index (χ1v) is 9.86. The van der Waals surface area contributed by atoms with Gasteiger partial charge in [-0.2, -0.15) is 15.0 Å². The Bertz CT molecular complexity index is 1110.